The quantitative estimate of drug-likeness (QED) is 0.159. The van der Waals surface area contributed by atoms with E-state index in [4.69, 9.17) is 4.74 Å². The van der Waals surface area contributed by atoms with Crippen LogP contribution in [-0.2, 0) is 41.5 Å². The van der Waals surface area contributed by atoms with Crippen LogP contribution in [-0.4, -0.2) is 59.9 Å². The van der Waals surface area contributed by atoms with Crippen LogP contribution in [0.2, 0.25) is 0 Å². The maximum atomic E-state index is 14.5. The number of ketones is 2. The summed E-state index contributed by atoms with van der Waals surface area (Å²) < 4.78 is 84.1. The van der Waals surface area contributed by atoms with Crippen molar-refractivity contribution in [3.05, 3.63) is 23.8 Å². The average Bonchev–Trinajstić information content (AvgIpc) is 3.08. The summed E-state index contributed by atoms with van der Waals surface area (Å²) in [6.45, 7) is 14.0. The Balaban J connectivity index is 0.00000468. The molecule has 0 unspecified atom stereocenters. The molecule has 1 aliphatic heterocycles. The molecule has 2 saturated carbocycles. The smallest absolute Gasteiger partial charge is 0.716 e. The molecular weight excluding hydrogens is 734 g/mol. The summed E-state index contributed by atoms with van der Waals surface area (Å²) >= 11 is 0. The number of aliphatic hydroxyl groups is 1. The number of carbonyl (C=O) groups is 2. The molecule has 3 fully saturated rings. The van der Waals surface area contributed by atoms with E-state index in [9.17, 15) is 40.6 Å². The Labute approximate surface area is 354 Å². The van der Waals surface area contributed by atoms with E-state index in [1.807, 2.05) is 6.92 Å². The molecule has 0 bridgehead atoms. The van der Waals surface area contributed by atoms with Crippen LogP contribution in [0, 0.1) is 28.1 Å². The predicted molar refractivity (Wildman–Crippen MR) is 183 cm³/mol. The van der Waals surface area contributed by atoms with Gasteiger partial charge in [-0.05, 0) is 120 Å². The Morgan fingerprint density at radius 1 is 0.904 bits per heavy atom. The molecule has 284 valence electrons. The summed E-state index contributed by atoms with van der Waals surface area (Å²) in [6, 6.07) is 2.90. The zero-order valence-electron chi connectivity index (χ0n) is 32.4. The van der Waals surface area contributed by atoms with Gasteiger partial charge in [0.15, 0.2) is 0 Å². The van der Waals surface area contributed by atoms with Crippen molar-refractivity contribution in [3.63, 3.8) is 0 Å². The molecule has 12 nitrogen and oxygen atoms in total. The van der Waals surface area contributed by atoms with Gasteiger partial charge in [0.05, 0.1) is 17.3 Å². The second-order valence-corrected chi connectivity index (χ2v) is 18.6. The Bertz CT molecular complexity index is 1670. The first-order chi connectivity index (χ1) is 22.8. The fourth-order valence-corrected chi connectivity index (χ4v) is 10.5. The molecule has 7 atom stereocenters. The largest absolute Gasteiger partial charge is 1.00 e. The SMILES string of the molecule is CC(=O)CC[C@H]1[C@@](C)(CC[C@]2(O)[C@@H](C)CC[C@H]3OC(C)(C)CCC[C@]32C)CCC[C@]1(C)C(=O)Cc1cc(OS(=O)(=O)[O-])ccc1OS(=O)(=O)[O-].[Na+].[Na+]. The number of hydrogen-bond donors (Lipinski definition) is 1. The fourth-order valence-electron chi connectivity index (χ4n) is 9.75. The van der Waals surface area contributed by atoms with Gasteiger partial charge in [0.25, 0.3) is 20.8 Å². The van der Waals surface area contributed by atoms with E-state index >= 15 is 0 Å². The fraction of sp³-hybridized carbons (Fsp3) is 0.778. The van der Waals surface area contributed by atoms with E-state index in [0.29, 0.717) is 32.1 Å². The van der Waals surface area contributed by atoms with E-state index in [1.54, 1.807) is 0 Å². The average molecular weight is 789 g/mol. The molecule has 2 aliphatic carbocycles. The summed E-state index contributed by atoms with van der Waals surface area (Å²) in [5.74, 6) is -1.62. The maximum Gasteiger partial charge on any atom is 1.00 e. The van der Waals surface area contributed by atoms with Crippen molar-refractivity contribution in [3.8, 4) is 11.5 Å². The van der Waals surface area contributed by atoms with Gasteiger partial charge in [-0.15, -0.1) is 0 Å². The molecular formula is C36H54Na2O12S2. The van der Waals surface area contributed by atoms with Crippen LogP contribution in [0.1, 0.15) is 131 Å². The van der Waals surface area contributed by atoms with Gasteiger partial charge in [-0.1, -0.05) is 34.1 Å². The molecule has 4 rings (SSSR count). The van der Waals surface area contributed by atoms with E-state index in [2.05, 4.69) is 43.0 Å². The van der Waals surface area contributed by atoms with Gasteiger partial charge in [0.1, 0.15) is 23.1 Å². The second kappa shape index (κ2) is 17.6. The molecule has 0 amide bonds. The molecule has 52 heavy (non-hydrogen) atoms. The zero-order valence-corrected chi connectivity index (χ0v) is 38.0. The van der Waals surface area contributed by atoms with Gasteiger partial charge >= 0.3 is 59.1 Å². The van der Waals surface area contributed by atoms with Crippen molar-refractivity contribution in [2.75, 3.05) is 0 Å². The Morgan fingerprint density at radius 2 is 1.52 bits per heavy atom. The number of benzene rings is 1. The van der Waals surface area contributed by atoms with E-state index in [0.717, 1.165) is 56.7 Å². The number of ether oxygens (including phenoxy) is 1. The third-order valence-electron chi connectivity index (χ3n) is 12.6. The van der Waals surface area contributed by atoms with Crippen LogP contribution in [0.5, 0.6) is 11.5 Å². The van der Waals surface area contributed by atoms with Crippen molar-refractivity contribution in [1.29, 1.82) is 0 Å². The summed E-state index contributed by atoms with van der Waals surface area (Å²) in [5, 5.41) is 12.7. The molecule has 1 saturated heterocycles. The van der Waals surface area contributed by atoms with Gasteiger partial charge < -0.3 is 32.1 Å². The number of carbonyl (C=O) groups excluding carboxylic acids is 2. The Kier molecular flexibility index (Phi) is 16.2. The van der Waals surface area contributed by atoms with Crippen molar-refractivity contribution in [2.45, 2.75) is 149 Å². The van der Waals surface area contributed by atoms with Gasteiger partial charge in [-0.2, -0.15) is 0 Å². The minimum Gasteiger partial charge on any atom is -0.716 e. The summed E-state index contributed by atoms with van der Waals surface area (Å²) in [5.41, 5.74) is -3.42. The normalized spacial score (nSPS) is 33.3. The van der Waals surface area contributed by atoms with Gasteiger partial charge in [-0.25, -0.2) is 16.8 Å². The summed E-state index contributed by atoms with van der Waals surface area (Å²) in [4.78, 5) is 26.8. The molecule has 1 heterocycles. The van der Waals surface area contributed by atoms with Crippen LogP contribution < -0.4 is 67.5 Å². The van der Waals surface area contributed by atoms with Crippen molar-refractivity contribution in [2.24, 2.45) is 28.1 Å². The first-order valence-electron chi connectivity index (χ1n) is 17.7. The molecule has 0 aromatic heterocycles. The summed E-state index contributed by atoms with van der Waals surface area (Å²) in [7, 11) is -10.5. The van der Waals surface area contributed by atoms with Gasteiger partial charge in [-0.3, -0.25) is 4.79 Å². The van der Waals surface area contributed by atoms with Crippen LogP contribution >= 0.6 is 0 Å². The third-order valence-corrected chi connectivity index (χ3v) is 13.4. The zero-order chi connectivity index (χ0) is 37.6. The van der Waals surface area contributed by atoms with E-state index < -0.39 is 60.6 Å². The number of fused-ring (bicyclic) bond motifs is 1. The number of rotatable bonds is 13. The molecule has 1 aromatic rings. The Hall–Kier alpha value is -0.1000. The third kappa shape index (κ3) is 11.1. The van der Waals surface area contributed by atoms with Crippen molar-refractivity contribution in [1.82, 2.24) is 0 Å². The topological polar surface area (TPSA) is 196 Å². The van der Waals surface area contributed by atoms with Crippen LogP contribution in [0.15, 0.2) is 18.2 Å². The molecule has 0 radical (unpaired) electrons. The van der Waals surface area contributed by atoms with Crippen molar-refractivity contribution >= 4 is 32.4 Å². The first-order valence-corrected chi connectivity index (χ1v) is 20.4. The minimum atomic E-state index is -5.27. The number of hydrogen-bond acceptors (Lipinski definition) is 12. The van der Waals surface area contributed by atoms with Crippen molar-refractivity contribution < 1.29 is 113 Å². The van der Waals surface area contributed by atoms with Gasteiger partial charge in [0, 0.05) is 29.2 Å². The molecule has 1 aromatic carbocycles. The predicted octanol–water partition coefficient (Wildman–Crippen LogP) is -0.0387. The number of Topliss-reactive ketones (excluding diaryl/α,β-unsaturated/α-hetero) is 2. The standard InChI is InChI=1S/C36H56O12S2.2Na/c1-24-10-15-31-35(7,19-8-16-32(3,4)46-31)36(24,39)21-20-33(5)17-9-18-34(6,29(33)14-11-25(2)37)30(38)23-26-22-27(47-49(40,41)42)12-13-28(26)48-50(43,44)45;;/h12-13,22,24,29,31,39H,8-11,14-21,23H2,1-7H3,(H,40,41,42)(H,43,44,45);;/q;2*+1/p-2/t24-,29-,31+,33+,34-,35+,36-;;/m0../s1. The van der Waals surface area contributed by atoms with Crippen LogP contribution in [0.25, 0.3) is 0 Å². The molecule has 0 spiro atoms. The summed E-state index contributed by atoms with van der Waals surface area (Å²) in [6.07, 6.45) is 7.47. The molecule has 1 N–H and O–H groups in total. The monoisotopic (exact) mass is 788 g/mol. The molecule has 16 heteroatoms. The molecule has 3 aliphatic rings. The van der Waals surface area contributed by atoms with Crippen LogP contribution in [0.3, 0.4) is 0 Å². The minimum absolute atomic E-state index is 0. The van der Waals surface area contributed by atoms with Gasteiger partial charge in [0.2, 0.25) is 0 Å². The first kappa shape index (κ1) is 48.0. The van der Waals surface area contributed by atoms with E-state index in [1.165, 1.54) is 6.92 Å². The van der Waals surface area contributed by atoms with E-state index in [-0.39, 0.29) is 106 Å². The van der Waals surface area contributed by atoms with Crippen LogP contribution in [0.4, 0.5) is 0 Å². The Morgan fingerprint density at radius 3 is 2.12 bits per heavy atom. The second-order valence-electron chi connectivity index (χ2n) is 16.6. The maximum absolute atomic E-state index is 14.5.